The second kappa shape index (κ2) is 11.1. The molecule has 0 atom stereocenters. The van der Waals surface area contributed by atoms with Crippen molar-refractivity contribution in [3.05, 3.63) is 99.4 Å². The monoisotopic (exact) mass is 577 g/mol. The maximum Gasteiger partial charge on any atom is 0.291 e. The normalized spacial score (nSPS) is 13.1. The minimum atomic E-state index is -0.228. The molecule has 0 N–H and O–H groups in total. The summed E-state index contributed by atoms with van der Waals surface area (Å²) in [6.45, 7) is 3.84. The van der Waals surface area contributed by atoms with Gasteiger partial charge in [-0.3, -0.25) is 4.79 Å². The minimum Gasteiger partial charge on any atom is -0.494 e. The van der Waals surface area contributed by atoms with Gasteiger partial charge in [0.15, 0.2) is 17.3 Å². The van der Waals surface area contributed by atoms with E-state index in [1.807, 2.05) is 89.8 Å². The second-order valence-electron chi connectivity index (χ2n) is 9.84. The molecule has 7 rings (SSSR count). The van der Waals surface area contributed by atoms with Gasteiger partial charge in [-0.2, -0.15) is 14.6 Å². The summed E-state index contributed by atoms with van der Waals surface area (Å²) in [5.41, 5.74) is 3.87. The van der Waals surface area contributed by atoms with Crippen molar-refractivity contribution < 1.29 is 14.2 Å². The first-order chi connectivity index (χ1) is 20.7. The summed E-state index contributed by atoms with van der Waals surface area (Å²) >= 11 is 1.30. The number of benzene rings is 3. The molecule has 210 valence electrons. The molecule has 6 aromatic rings. The molecule has 0 spiro atoms. The number of nitrogens with zero attached hydrogens (tertiary/aromatic N) is 5. The lowest BCUT2D eigenvalue weighted by atomic mass is 10.1. The fraction of sp³-hybridized carbons (Fsp3) is 0.188. The molecule has 0 aliphatic carbocycles. The summed E-state index contributed by atoms with van der Waals surface area (Å²) in [4.78, 5) is 18.6. The van der Waals surface area contributed by atoms with E-state index in [-0.39, 0.29) is 5.56 Å². The van der Waals surface area contributed by atoms with Crippen molar-refractivity contribution in [2.75, 3.05) is 19.8 Å². The predicted octanol–water partition coefficient (Wildman–Crippen LogP) is 5.17. The highest BCUT2D eigenvalue weighted by atomic mass is 32.1. The molecule has 42 heavy (non-hydrogen) atoms. The largest absolute Gasteiger partial charge is 0.494 e. The summed E-state index contributed by atoms with van der Waals surface area (Å²) in [5, 5.41) is 9.42. The van der Waals surface area contributed by atoms with E-state index in [2.05, 4.69) is 17.0 Å². The molecule has 0 bridgehead atoms. The van der Waals surface area contributed by atoms with Crippen LogP contribution in [0.3, 0.4) is 0 Å². The van der Waals surface area contributed by atoms with Crippen LogP contribution < -0.4 is 24.3 Å². The Balaban J connectivity index is 1.26. The quantitative estimate of drug-likeness (QED) is 0.231. The van der Waals surface area contributed by atoms with Crippen LogP contribution in [-0.2, 0) is 0 Å². The molecule has 10 heteroatoms. The minimum absolute atomic E-state index is 0.228. The van der Waals surface area contributed by atoms with Crippen LogP contribution in [0.2, 0.25) is 0 Å². The van der Waals surface area contributed by atoms with Crippen LogP contribution >= 0.6 is 11.3 Å². The number of unbranched alkanes of at least 4 members (excludes halogenated alkanes) is 1. The lowest BCUT2D eigenvalue weighted by Gasteiger charge is -2.18. The Bertz CT molecular complexity index is 1980. The van der Waals surface area contributed by atoms with E-state index in [1.54, 1.807) is 0 Å². The van der Waals surface area contributed by atoms with Crippen LogP contribution in [0.5, 0.6) is 17.2 Å². The third kappa shape index (κ3) is 5.01. The van der Waals surface area contributed by atoms with E-state index in [9.17, 15) is 4.79 Å². The molecule has 0 amide bonds. The Morgan fingerprint density at radius 1 is 0.952 bits per heavy atom. The van der Waals surface area contributed by atoms with Crippen LogP contribution in [0.1, 0.15) is 25.3 Å². The van der Waals surface area contributed by atoms with Crippen molar-refractivity contribution in [2.24, 2.45) is 0 Å². The Hall–Kier alpha value is -4.96. The van der Waals surface area contributed by atoms with Gasteiger partial charge >= 0.3 is 0 Å². The first kappa shape index (κ1) is 26.0. The summed E-state index contributed by atoms with van der Waals surface area (Å²) in [5.74, 6) is 2.69. The average Bonchev–Trinajstić information content (AvgIpc) is 3.73. The van der Waals surface area contributed by atoms with E-state index in [4.69, 9.17) is 19.3 Å². The van der Waals surface area contributed by atoms with Crippen molar-refractivity contribution in [1.82, 2.24) is 24.4 Å². The van der Waals surface area contributed by atoms with Gasteiger partial charge in [0.05, 0.1) is 16.8 Å². The number of fused-ring (bicyclic) bond motifs is 2. The third-order valence-corrected chi connectivity index (χ3v) is 7.89. The van der Waals surface area contributed by atoms with E-state index in [1.165, 1.54) is 15.9 Å². The number of aromatic nitrogens is 5. The second-order valence-corrected chi connectivity index (χ2v) is 10.9. The summed E-state index contributed by atoms with van der Waals surface area (Å²) in [6, 6.07) is 23.3. The molecular weight excluding hydrogens is 550 g/mol. The lowest BCUT2D eigenvalue weighted by Crippen LogP contribution is -2.23. The zero-order valence-electron chi connectivity index (χ0n) is 22.9. The van der Waals surface area contributed by atoms with E-state index in [0.717, 1.165) is 46.7 Å². The Morgan fingerprint density at radius 2 is 1.74 bits per heavy atom. The zero-order chi connectivity index (χ0) is 28.5. The number of hydrogen-bond acceptors (Lipinski definition) is 8. The van der Waals surface area contributed by atoms with Gasteiger partial charge in [-0.15, -0.1) is 5.10 Å². The number of hydrogen-bond donors (Lipinski definition) is 0. The molecule has 0 unspecified atom stereocenters. The molecule has 9 nitrogen and oxygen atoms in total. The van der Waals surface area contributed by atoms with Crippen molar-refractivity contribution in [3.63, 3.8) is 0 Å². The molecule has 1 aliphatic heterocycles. The first-order valence-corrected chi connectivity index (χ1v) is 14.7. The van der Waals surface area contributed by atoms with Crippen molar-refractivity contribution in [2.45, 2.75) is 19.8 Å². The average molecular weight is 578 g/mol. The molecule has 4 heterocycles. The molecule has 0 saturated carbocycles. The fourth-order valence-corrected chi connectivity index (χ4v) is 5.65. The summed E-state index contributed by atoms with van der Waals surface area (Å²) < 4.78 is 21.0. The molecule has 0 radical (unpaired) electrons. The van der Waals surface area contributed by atoms with Gasteiger partial charge in [0, 0.05) is 22.9 Å². The standard InChI is InChI=1S/C32H27N5O4S/c1-2-3-15-39-25-12-9-21(10-13-25)30-33-32-37(35-30)31(38)28(42-32)19-23-20-36(24-7-5-4-6-8-24)34-29(23)22-11-14-26-27(18-22)41-17-16-40-26/h4-14,18-20H,2-3,15-17H2,1H3. The highest BCUT2D eigenvalue weighted by molar-refractivity contribution is 7.15. The Kier molecular flexibility index (Phi) is 6.89. The zero-order valence-corrected chi connectivity index (χ0v) is 23.7. The smallest absolute Gasteiger partial charge is 0.291 e. The summed E-state index contributed by atoms with van der Waals surface area (Å²) in [6.07, 6.45) is 5.87. The SMILES string of the molecule is CCCCOc1ccc(-c2nc3sc(=Cc4cn(-c5ccccc5)nc4-c4ccc5c(c4)OCCO5)c(=O)n3n2)cc1. The van der Waals surface area contributed by atoms with Crippen LogP contribution in [-0.4, -0.2) is 44.2 Å². The maximum absolute atomic E-state index is 13.5. The molecule has 0 saturated heterocycles. The number of thiazole rings is 1. The van der Waals surface area contributed by atoms with Crippen molar-refractivity contribution >= 4 is 22.4 Å². The highest BCUT2D eigenvalue weighted by Gasteiger charge is 2.18. The third-order valence-electron chi connectivity index (χ3n) is 6.93. The van der Waals surface area contributed by atoms with E-state index >= 15 is 0 Å². The van der Waals surface area contributed by atoms with Crippen LogP contribution in [0, 0.1) is 0 Å². The molecule has 1 aliphatic rings. The van der Waals surface area contributed by atoms with Crippen molar-refractivity contribution in [3.8, 4) is 45.6 Å². The lowest BCUT2D eigenvalue weighted by molar-refractivity contribution is 0.171. The number of rotatable bonds is 8. The highest BCUT2D eigenvalue weighted by Crippen LogP contribution is 2.35. The van der Waals surface area contributed by atoms with Gasteiger partial charge in [-0.25, -0.2) is 4.68 Å². The van der Waals surface area contributed by atoms with E-state index in [0.29, 0.717) is 46.6 Å². The molecule has 3 aromatic heterocycles. The van der Waals surface area contributed by atoms with Crippen LogP contribution in [0.15, 0.2) is 83.8 Å². The first-order valence-electron chi connectivity index (χ1n) is 13.9. The van der Waals surface area contributed by atoms with E-state index < -0.39 is 0 Å². The molecular formula is C32H27N5O4S. The van der Waals surface area contributed by atoms with Gasteiger partial charge in [-0.05, 0) is 67.1 Å². The van der Waals surface area contributed by atoms with Crippen molar-refractivity contribution in [1.29, 1.82) is 0 Å². The summed E-state index contributed by atoms with van der Waals surface area (Å²) in [7, 11) is 0. The van der Waals surface area contributed by atoms with Gasteiger partial charge < -0.3 is 14.2 Å². The van der Waals surface area contributed by atoms with Gasteiger partial charge in [0.2, 0.25) is 4.96 Å². The van der Waals surface area contributed by atoms with Crippen LogP contribution in [0.4, 0.5) is 0 Å². The Morgan fingerprint density at radius 3 is 2.52 bits per heavy atom. The topological polar surface area (TPSA) is 92.8 Å². The predicted molar refractivity (Wildman–Crippen MR) is 162 cm³/mol. The van der Waals surface area contributed by atoms with Gasteiger partial charge in [0.1, 0.15) is 24.7 Å². The fourth-order valence-electron chi connectivity index (χ4n) is 4.75. The molecule has 0 fully saturated rings. The number of ether oxygens (including phenoxy) is 3. The van der Waals surface area contributed by atoms with Gasteiger partial charge in [-0.1, -0.05) is 42.9 Å². The van der Waals surface area contributed by atoms with Gasteiger partial charge in [0.25, 0.3) is 5.56 Å². The Labute approximate surface area is 245 Å². The number of para-hydroxylation sites is 1. The molecule has 3 aromatic carbocycles. The maximum atomic E-state index is 13.5. The van der Waals surface area contributed by atoms with Crippen LogP contribution in [0.25, 0.3) is 39.4 Å².